The van der Waals surface area contributed by atoms with E-state index >= 15 is 0 Å². The normalized spacial score (nSPS) is 33.4. The molecule has 26 heavy (non-hydrogen) atoms. The topological polar surface area (TPSA) is 46.5 Å². The number of hydrogen-bond donors (Lipinski definition) is 1. The SMILES string of the molecule is CC(CC(O)(C(F)(F)F)C(F)(F)F)OC(=O)CC1CC2CC1C(C)C2C. The lowest BCUT2D eigenvalue weighted by atomic mass is 9.74. The molecule has 6 atom stereocenters. The van der Waals surface area contributed by atoms with E-state index in [-0.39, 0.29) is 12.3 Å². The molecule has 0 heterocycles. The Morgan fingerprint density at radius 1 is 1.08 bits per heavy atom. The van der Waals surface area contributed by atoms with E-state index in [0.717, 1.165) is 19.8 Å². The highest BCUT2D eigenvalue weighted by atomic mass is 19.4. The second-order valence-corrected chi connectivity index (χ2v) is 7.94. The van der Waals surface area contributed by atoms with Gasteiger partial charge in [-0.2, -0.15) is 26.3 Å². The van der Waals surface area contributed by atoms with Crippen LogP contribution in [0.5, 0.6) is 0 Å². The van der Waals surface area contributed by atoms with Crippen LogP contribution in [0.25, 0.3) is 0 Å². The van der Waals surface area contributed by atoms with Gasteiger partial charge in [-0.1, -0.05) is 13.8 Å². The first-order valence-corrected chi connectivity index (χ1v) is 8.72. The molecular formula is C17H24F6O3. The van der Waals surface area contributed by atoms with Crippen molar-refractivity contribution in [3.05, 3.63) is 0 Å². The largest absolute Gasteiger partial charge is 0.463 e. The molecule has 2 bridgehead atoms. The van der Waals surface area contributed by atoms with Crippen molar-refractivity contribution in [1.82, 2.24) is 0 Å². The molecule has 9 heteroatoms. The van der Waals surface area contributed by atoms with Gasteiger partial charge in [0.25, 0.3) is 5.60 Å². The van der Waals surface area contributed by atoms with Gasteiger partial charge in [-0.25, -0.2) is 0 Å². The lowest BCUT2D eigenvalue weighted by Crippen LogP contribution is -2.58. The van der Waals surface area contributed by atoms with Crippen LogP contribution in [0.4, 0.5) is 26.3 Å². The highest BCUT2D eigenvalue weighted by molar-refractivity contribution is 5.70. The molecule has 0 amide bonds. The van der Waals surface area contributed by atoms with Crippen LogP contribution in [0.15, 0.2) is 0 Å². The third-order valence-corrected chi connectivity index (χ3v) is 6.32. The standard InChI is InChI=1S/C17H24F6O3/c1-8(7-15(25,16(18,19)20)17(21,22)23)26-14(24)6-12-4-11-5-13(12)10(3)9(11)2/h8-13,25H,4-7H2,1-3H3. The summed E-state index contributed by atoms with van der Waals surface area (Å²) in [4.78, 5) is 12.0. The van der Waals surface area contributed by atoms with Crippen LogP contribution < -0.4 is 0 Å². The van der Waals surface area contributed by atoms with Gasteiger partial charge in [-0.3, -0.25) is 4.79 Å². The monoisotopic (exact) mass is 390 g/mol. The van der Waals surface area contributed by atoms with Gasteiger partial charge in [0.1, 0.15) is 6.10 Å². The van der Waals surface area contributed by atoms with Gasteiger partial charge in [-0.05, 0) is 49.4 Å². The molecule has 1 N–H and O–H groups in total. The fourth-order valence-electron chi connectivity index (χ4n) is 4.67. The number of hydrogen-bond acceptors (Lipinski definition) is 3. The van der Waals surface area contributed by atoms with Crippen LogP contribution >= 0.6 is 0 Å². The molecule has 0 saturated heterocycles. The molecule has 2 aliphatic rings. The lowest BCUT2D eigenvalue weighted by molar-refractivity contribution is -0.373. The van der Waals surface area contributed by atoms with E-state index in [1.54, 1.807) is 0 Å². The van der Waals surface area contributed by atoms with E-state index < -0.39 is 36.4 Å². The van der Waals surface area contributed by atoms with Gasteiger partial charge in [0, 0.05) is 12.8 Å². The summed E-state index contributed by atoms with van der Waals surface area (Å²) in [6.07, 6.45) is -13.5. The molecule has 0 aromatic heterocycles. The minimum Gasteiger partial charge on any atom is -0.463 e. The van der Waals surface area contributed by atoms with E-state index in [2.05, 4.69) is 13.8 Å². The zero-order valence-electron chi connectivity index (χ0n) is 14.8. The Morgan fingerprint density at radius 2 is 1.62 bits per heavy atom. The Bertz CT molecular complexity index is 514. The minimum atomic E-state index is -5.91. The smallest absolute Gasteiger partial charge is 0.426 e. The summed E-state index contributed by atoms with van der Waals surface area (Å²) >= 11 is 0. The van der Waals surface area contributed by atoms with Crippen LogP contribution in [-0.2, 0) is 9.53 Å². The number of carbonyl (C=O) groups excluding carboxylic acids is 1. The molecule has 152 valence electrons. The summed E-state index contributed by atoms with van der Waals surface area (Å²) in [5, 5.41) is 9.16. The Labute approximate surface area is 148 Å². The first-order chi connectivity index (χ1) is 11.7. The van der Waals surface area contributed by atoms with Gasteiger partial charge < -0.3 is 9.84 Å². The van der Waals surface area contributed by atoms with Crippen molar-refractivity contribution in [2.45, 2.75) is 70.5 Å². The number of carbonyl (C=O) groups is 1. The fourth-order valence-corrected chi connectivity index (χ4v) is 4.67. The quantitative estimate of drug-likeness (QED) is 0.556. The summed E-state index contributed by atoms with van der Waals surface area (Å²) in [6.45, 7) is 5.18. The summed E-state index contributed by atoms with van der Waals surface area (Å²) in [6, 6.07) is 0. The first kappa shape index (κ1) is 21.3. The van der Waals surface area contributed by atoms with E-state index in [1.165, 1.54) is 0 Å². The van der Waals surface area contributed by atoms with Crippen LogP contribution in [0.2, 0.25) is 0 Å². The third kappa shape index (κ3) is 3.82. The molecule has 2 saturated carbocycles. The molecule has 0 radical (unpaired) electrons. The predicted octanol–water partition coefficient (Wildman–Crippen LogP) is 4.48. The third-order valence-electron chi connectivity index (χ3n) is 6.32. The zero-order valence-corrected chi connectivity index (χ0v) is 14.8. The molecular weight excluding hydrogens is 366 g/mol. The maximum absolute atomic E-state index is 12.7. The summed E-state index contributed by atoms with van der Waals surface area (Å²) < 4.78 is 80.9. The maximum atomic E-state index is 12.7. The molecule has 0 aliphatic heterocycles. The zero-order chi connectivity index (χ0) is 20.1. The van der Waals surface area contributed by atoms with Crippen molar-refractivity contribution >= 4 is 5.97 Å². The molecule has 2 fully saturated rings. The Kier molecular flexibility index (Phi) is 5.63. The van der Waals surface area contributed by atoms with Crippen LogP contribution in [0.3, 0.4) is 0 Å². The van der Waals surface area contributed by atoms with Crippen molar-refractivity contribution < 1.29 is 41.0 Å². The first-order valence-electron chi connectivity index (χ1n) is 8.72. The number of aliphatic hydroxyl groups is 1. The fraction of sp³-hybridized carbons (Fsp3) is 0.941. The van der Waals surface area contributed by atoms with Crippen molar-refractivity contribution in [2.75, 3.05) is 0 Å². The highest BCUT2D eigenvalue weighted by Gasteiger charge is 2.70. The van der Waals surface area contributed by atoms with Crippen LogP contribution in [0.1, 0.15) is 46.5 Å². The number of alkyl halides is 6. The maximum Gasteiger partial charge on any atom is 0.426 e. The molecule has 2 rings (SSSR count). The van der Waals surface area contributed by atoms with E-state index in [9.17, 15) is 31.1 Å². The highest BCUT2D eigenvalue weighted by Crippen LogP contribution is 2.56. The van der Waals surface area contributed by atoms with Crippen molar-refractivity contribution in [3.8, 4) is 0 Å². The molecule has 0 spiro atoms. The molecule has 2 aliphatic carbocycles. The van der Waals surface area contributed by atoms with E-state index in [1.807, 2.05) is 0 Å². The number of rotatable bonds is 5. The predicted molar refractivity (Wildman–Crippen MR) is 79.9 cm³/mol. The average Bonchev–Trinajstić information content (AvgIpc) is 2.96. The Balaban J connectivity index is 1.93. The minimum absolute atomic E-state index is 0.0149. The number of halogens is 6. The van der Waals surface area contributed by atoms with Gasteiger partial charge in [0.2, 0.25) is 0 Å². The molecule has 3 nitrogen and oxygen atoms in total. The van der Waals surface area contributed by atoms with E-state index in [4.69, 9.17) is 9.84 Å². The Morgan fingerprint density at radius 3 is 2.04 bits per heavy atom. The van der Waals surface area contributed by atoms with Gasteiger partial charge in [0.05, 0.1) is 0 Å². The number of fused-ring (bicyclic) bond motifs is 2. The summed E-state index contributed by atoms with van der Waals surface area (Å²) in [5.74, 6) is 1.06. The number of ether oxygens (including phenoxy) is 1. The molecule has 0 aromatic carbocycles. The Hall–Kier alpha value is -0.990. The van der Waals surface area contributed by atoms with Crippen molar-refractivity contribution in [3.63, 3.8) is 0 Å². The number of esters is 1. The van der Waals surface area contributed by atoms with Gasteiger partial charge >= 0.3 is 18.3 Å². The second-order valence-electron chi connectivity index (χ2n) is 7.94. The van der Waals surface area contributed by atoms with Crippen molar-refractivity contribution in [1.29, 1.82) is 0 Å². The second kappa shape index (κ2) is 6.87. The van der Waals surface area contributed by atoms with Crippen molar-refractivity contribution in [2.24, 2.45) is 29.6 Å². The van der Waals surface area contributed by atoms with Gasteiger partial charge in [-0.15, -0.1) is 0 Å². The molecule has 0 aromatic rings. The van der Waals surface area contributed by atoms with E-state index in [0.29, 0.717) is 23.7 Å². The summed E-state index contributed by atoms with van der Waals surface area (Å²) in [7, 11) is 0. The average molecular weight is 390 g/mol. The molecule has 6 unspecified atom stereocenters. The van der Waals surface area contributed by atoms with Crippen LogP contribution in [0, 0.1) is 29.6 Å². The van der Waals surface area contributed by atoms with Crippen LogP contribution in [-0.4, -0.2) is 35.1 Å². The van der Waals surface area contributed by atoms with Gasteiger partial charge in [0.15, 0.2) is 0 Å². The lowest BCUT2D eigenvalue weighted by Gasteiger charge is -2.34. The summed E-state index contributed by atoms with van der Waals surface area (Å²) in [5.41, 5.74) is -4.91.